The van der Waals surface area contributed by atoms with Crippen molar-refractivity contribution >= 4 is 22.2 Å². The normalized spacial score (nSPS) is 21.9. The third-order valence-electron chi connectivity index (χ3n) is 3.28. The summed E-state index contributed by atoms with van der Waals surface area (Å²) in [5.41, 5.74) is 8.76. The average Bonchev–Trinajstić information content (AvgIpc) is 2.40. The van der Waals surface area contributed by atoms with Gasteiger partial charge in [0.15, 0.2) is 9.84 Å². The maximum absolute atomic E-state index is 10.5. The first-order chi connectivity index (χ1) is 9.08. The van der Waals surface area contributed by atoms with Crippen LogP contribution in [-0.4, -0.2) is 14.2 Å². The van der Waals surface area contributed by atoms with Gasteiger partial charge in [0, 0.05) is 11.4 Å². The van der Waals surface area contributed by atoms with Crippen LogP contribution in [0, 0.1) is 0 Å². The van der Waals surface area contributed by atoms with Crippen molar-refractivity contribution in [3.8, 4) is 0 Å². The molecular formula is C15H20ClNO2S. The lowest BCUT2D eigenvalue weighted by Gasteiger charge is -2.21. The molecule has 1 aromatic carbocycles. The van der Waals surface area contributed by atoms with E-state index in [0.717, 1.165) is 6.42 Å². The molecule has 0 amide bonds. The van der Waals surface area contributed by atoms with Crippen molar-refractivity contribution in [2.75, 3.05) is 5.75 Å². The average molecular weight is 314 g/mol. The maximum Gasteiger partial charge on any atom is 0.175 e. The number of rotatable bonds is 0. The van der Waals surface area contributed by atoms with Crippen molar-refractivity contribution in [3.63, 3.8) is 0 Å². The Bertz CT molecular complexity index is 594. The zero-order valence-corrected chi connectivity index (χ0v) is 12.9. The minimum atomic E-state index is -2.85. The maximum atomic E-state index is 10.5. The Labute approximate surface area is 126 Å². The van der Waals surface area contributed by atoms with Crippen LogP contribution in [0.1, 0.15) is 30.0 Å². The number of hydrogen-bond acceptors (Lipinski definition) is 3. The first-order valence-electron chi connectivity index (χ1n) is 6.48. The van der Waals surface area contributed by atoms with E-state index in [2.05, 4.69) is 24.3 Å². The molecule has 1 atom stereocenters. The lowest BCUT2D eigenvalue weighted by atomic mass is 9.88. The summed E-state index contributed by atoms with van der Waals surface area (Å²) in [6.45, 7) is 0. The number of benzene rings is 1. The quantitative estimate of drug-likeness (QED) is 0.801. The number of halogens is 1. The molecule has 20 heavy (non-hydrogen) atoms. The minimum absolute atomic E-state index is 0. The molecule has 1 unspecified atom stereocenters. The fraction of sp³-hybridized carbons (Fsp3) is 0.333. The summed E-state index contributed by atoms with van der Waals surface area (Å²) in [5, 5.41) is 1.22. The Morgan fingerprint density at radius 1 is 1.15 bits per heavy atom. The zero-order valence-electron chi connectivity index (χ0n) is 11.2. The van der Waals surface area contributed by atoms with Crippen molar-refractivity contribution in [3.05, 3.63) is 59.0 Å². The van der Waals surface area contributed by atoms with Crippen LogP contribution in [0.3, 0.4) is 0 Å². The number of sulfone groups is 1. The van der Waals surface area contributed by atoms with Crippen LogP contribution in [0.5, 0.6) is 0 Å². The molecule has 1 aliphatic carbocycles. The first kappa shape index (κ1) is 17.0. The van der Waals surface area contributed by atoms with E-state index in [1.54, 1.807) is 12.2 Å². The predicted octanol–water partition coefficient (Wildman–Crippen LogP) is 2.93. The van der Waals surface area contributed by atoms with Crippen LogP contribution >= 0.6 is 12.4 Å². The molecule has 1 heterocycles. The molecule has 0 bridgehead atoms. The summed E-state index contributed by atoms with van der Waals surface area (Å²) in [7, 11) is -2.85. The van der Waals surface area contributed by atoms with Gasteiger partial charge in [0.25, 0.3) is 0 Å². The SMILES string of the molecule is Cl.NC1CCCc2ccccc21.O=S1(=O)C=CC=CC1. The van der Waals surface area contributed by atoms with E-state index in [1.165, 1.54) is 35.5 Å². The summed E-state index contributed by atoms with van der Waals surface area (Å²) in [6, 6.07) is 8.80. The first-order valence-corrected chi connectivity index (χ1v) is 8.19. The molecule has 0 fully saturated rings. The van der Waals surface area contributed by atoms with E-state index >= 15 is 0 Å². The summed E-state index contributed by atoms with van der Waals surface area (Å²) in [6.07, 6.45) is 8.48. The van der Waals surface area contributed by atoms with E-state index in [1.807, 2.05) is 0 Å². The smallest absolute Gasteiger partial charge is 0.175 e. The summed E-state index contributed by atoms with van der Waals surface area (Å²) < 4.78 is 21.0. The van der Waals surface area contributed by atoms with Gasteiger partial charge in [-0.15, -0.1) is 12.4 Å². The molecule has 0 saturated heterocycles. The molecule has 110 valence electrons. The Morgan fingerprint density at radius 3 is 2.45 bits per heavy atom. The van der Waals surface area contributed by atoms with Crippen molar-refractivity contribution in [1.82, 2.24) is 0 Å². The van der Waals surface area contributed by atoms with Crippen LogP contribution in [-0.2, 0) is 16.3 Å². The number of allylic oxidation sites excluding steroid dienone is 2. The van der Waals surface area contributed by atoms with Gasteiger partial charge in [-0.05, 0) is 30.4 Å². The number of fused-ring (bicyclic) bond motifs is 1. The highest BCUT2D eigenvalue weighted by atomic mass is 35.5. The molecule has 2 aliphatic rings. The molecule has 1 aliphatic heterocycles. The summed E-state index contributed by atoms with van der Waals surface area (Å²) >= 11 is 0. The van der Waals surface area contributed by atoms with Crippen molar-refractivity contribution in [1.29, 1.82) is 0 Å². The van der Waals surface area contributed by atoms with E-state index in [0.29, 0.717) is 6.04 Å². The van der Waals surface area contributed by atoms with Crippen molar-refractivity contribution < 1.29 is 8.42 Å². The van der Waals surface area contributed by atoms with E-state index in [9.17, 15) is 8.42 Å². The molecule has 3 rings (SSSR count). The van der Waals surface area contributed by atoms with Gasteiger partial charge in [0.1, 0.15) is 0 Å². The standard InChI is InChI=1S/C10H13N.C5H6O2S.ClH/c11-10-7-3-5-8-4-1-2-6-9(8)10;6-8(7)4-2-1-3-5-8;/h1-2,4,6,10H,3,5,7,11H2;1-4H,5H2;1H. The molecule has 3 nitrogen and oxygen atoms in total. The second-order valence-corrected chi connectivity index (χ2v) is 6.71. The van der Waals surface area contributed by atoms with Gasteiger partial charge in [-0.25, -0.2) is 8.42 Å². The second kappa shape index (κ2) is 7.62. The van der Waals surface area contributed by atoms with Crippen molar-refractivity contribution in [2.24, 2.45) is 5.73 Å². The van der Waals surface area contributed by atoms with Crippen LogP contribution in [0.4, 0.5) is 0 Å². The highest BCUT2D eigenvalue weighted by Gasteiger charge is 2.14. The molecule has 0 aromatic heterocycles. The van der Waals surface area contributed by atoms with Crippen LogP contribution < -0.4 is 5.73 Å². The molecule has 0 radical (unpaired) electrons. The Morgan fingerprint density at radius 2 is 1.90 bits per heavy atom. The van der Waals surface area contributed by atoms with Gasteiger partial charge in [-0.3, -0.25) is 0 Å². The van der Waals surface area contributed by atoms with E-state index in [4.69, 9.17) is 5.73 Å². The lowest BCUT2D eigenvalue weighted by Crippen LogP contribution is -2.16. The molecule has 5 heteroatoms. The molecule has 1 aromatic rings. The van der Waals surface area contributed by atoms with Gasteiger partial charge >= 0.3 is 0 Å². The van der Waals surface area contributed by atoms with Crippen LogP contribution in [0.25, 0.3) is 0 Å². The van der Waals surface area contributed by atoms with Gasteiger partial charge in [-0.2, -0.15) is 0 Å². The largest absolute Gasteiger partial charge is 0.324 e. The van der Waals surface area contributed by atoms with E-state index in [-0.39, 0.29) is 18.2 Å². The number of aryl methyl sites for hydroxylation is 1. The Kier molecular flexibility index (Phi) is 6.46. The van der Waals surface area contributed by atoms with Crippen LogP contribution in [0.15, 0.2) is 47.9 Å². The van der Waals surface area contributed by atoms with Gasteiger partial charge in [-0.1, -0.05) is 42.5 Å². The topological polar surface area (TPSA) is 60.2 Å². The fourth-order valence-corrected chi connectivity index (χ4v) is 3.10. The summed E-state index contributed by atoms with van der Waals surface area (Å²) in [5.74, 6) is 0.156. The minimum Gasteiger partial charge on any atom is -0.324 e. The monoisotopic (exact) mass is 313 g/mol. The third-order valence-corrected chi connectivity index (χ3v) is 4.51. The fourth-order valence-electron chi connectivity index (χ4n) is 2.28. The second-order valence-electron chi connectivity index (χ2n) is 4.78. The molecule has 2 N–H and O–H groups in total. The molecule has 0 spiro atoms. The molecule has 0 saturated carbocycles. The lowest BCUT2D eigenvalue weighted by molar-refractivity contribution is 0.570. The molecular weight excluding hydrogens is 294 g/mol. The van der Waals surface area contributed by atoms with Gasteiger partial charge in [0.2, 0.25) is 0 Å². The number of nitrogens with two attached hydrogens (primary N) is 1. The van der Waals surface area contributed by atoms with Gasteiger partial charge < -0.3 is 5.73 Å². The van der Waals surface area contributed by atoms with Crippen LogP contribution in [0.2, 0.25) is 0 Å². The highest BCUT2D eigenvalue weighted by molar-refractivity contribution is 7.94. The predicted molar refractivity (Wildman–Crippen MR) is 85.6 cm³/mol. The third kappa shape index (κ3) is 4.78. The number of hydrogen-bond donors (Lipinski definition) is 1. The highest BCUT2D eigenvalue weighted by Crippen LogP contribution is 2.26. The van der Waals surface area contributed by atoms with Crippen molar-refractivity contribution in [2.45, 2.75) is 25.3 Å². The Balaban J connectivity index is 0.000000200. The van der Waals surface area contributed by atoms with Gasteiger partial charge in [0.05, 0.1) is 5.75 Å². The summed E-state index contributed by atoms with van der Waals surface area (Å²) in [4.78, 5) is 0. The Hall–Kier alpha value is -1.10. The van der Waals surface area contributed by atoms with E-state index < -0.39 is 9.84 Å². The zero-order chi connectivity index (χ0) is 13.7.